The summed E-state index contributed by atoms with van der Waals surface area (Å²) in [4.78, 5) is 26.8. The fourth-order valence-corrected chi connectivity index (χ4v) is 3.03. The van der Waals surface area contributed by atoms with Crippen LogP contribution in [0.15, 0.2) is 30.6 Å². The van der Waals surface area contributed by atoms with Crippen LogP contribution in [-0.4, -0.2) is 43.2 Å². The third kappa shape index (κ3) is 3.07. The summed E-state index contributed by atoms with van der Waals surface area (Å²) in [6, 6.07) is 6.14. The number of benzene rings is 1. The zero-order valence-corrected chi connectivity index (χ0v) is 14.0. The second-order valence-corrected chi connectivity index (χ2v) is 6.38. The Balaban J connectivity index is 1.80. The highest BCUT2D eigenvalue weighted by Gasteiger charge is 2.26. The van der Waals surface area contributed by atoms with Crippen molar-refractivity contribution in [2.24, 2.45) is 0 Å². The van der Waals surface area contributed by atoms with E-state index in [1.165, 1.54) is 23.0 Å². The number of amides is 1. The van der Waals surface area contributed by atoms with Gasteiger partial charge in [-0.1, -0.05) is 6.07 Å². The topological polar surface area (TPSA) is 117 Å². The zero-order valence-electron chi connectivity index (χ0n) is 14.0. The van der Waals surface area contributed by atoms with Crippen LogP contribution in [0.2, 0.25) is 0 Å². The Kier molecular flexibility index (Phi) is 3.98. The molecule has 1 aromatic carbocycles. The van der Waals surface area contributed by atoms with E-state index in [0.717, 1.165) is 18.4 Å². The molecule has 4 rings (SSSR count). The smallest absolute Gasteiger partial charge is 0.322 e. The van der Waals surface area contributed by atoms with Gasteiger partial charge in [-0.05, 0) is 36.5 Å². The number of rotatable bonds is 5. The molecule has 0 saturated heterocycles. The van der Waals surface area contributed by atoms with E-state index in [2.05, 4.69) is 15.4 Å². The number of pyridine rings is 1. The van der Waals surface area contributed by atoms with Gasteiger partial charge in [-0.25, -0.2) is 13.9 Å². The molecule has 0 radical (unpaired) electrons. The Bertz CT molecular complexity index is 1070. The maximum absolute atomic E-state index is 14.7. The number of aromatic hydroxyl groups is 1. The van der Waals surface area contributed by atoms with Gasteiger partial charge in [0.05, 0.1) is 5.69 Å². The lowest BCUT2D eigenvalue weighted by Crippen LogP contribution is -2.29. The number of carboxylic acids is 1. The van der Waals surface area contributed by atoms with Gasteiger partial charge in [-0.15, -0.1) is 0 Å². The van der Waals surface area contributed by atoms with Crippen molar-refractivity contribution in [2.45, 2.75) is 18.8 Å². The van der Waals surface area contributed by atoms with Crippen LogP contribution < -0.4 is 5.32 Å². The molecule has 0 aliphatic heterocycles. The van der Waals surface area contributed by atoms with E-state index in [1.54, 1.807) is 6.07 Å². The first-order valence-corrected chi connectivity index (χ1v) is 8.31. The SMILES string of the molecule is O=C(O)CNC(=O)c1c(O)cc(-c2ccc(C3CC3)cc2F)n2ncnc12. The molecule has 138 valence electrons. The molecule has 3 N–H and O–H groups in total. The minimum atomic E-state index is -1.23. The number of aromatic nitrogens is 3. The average molecular weight is 370 g/mol. The molecule has 1 amide bonds. The first-order valence-electron chi connectivity index (χ1n) is 8.31. The normalized spacial score (nSPS) is 13.7. The monoisotopic (exact) mass is 370 g/mol. The molecule has 1 aliphatic carbocycles. The van der Waals surface area contributed by atoms with Gasteiger partial charge in [0.2, 0.25) is 0 Å². The molecule has 2 heterocycles. The fourth-order valence-electron chi connectivity index (χ4n) is 3.03. The minimum Gasteiger partial charge on any atom is -0.507 e. The highest BCUT2D eigenvalue weighted by atomic mass is 19.1. The Morgan fingerprint density at radius 2 is 2.07 bits per heavy atom. The largest absolute Gasteiger partial charge is 0.507 e. The third-order valence-electron chi connectivity index (χ3n) is 4.47. The molecule has 8 nitrogen and oxygen atoms in total. The van der Waals surface area contributed by atoms with Crippen molar-refractivity contribution in [3.63, 3.8) is 0 Å². The number of hydrogen-bond acceptors (Lipinski definition) is 5. The molecule has 0 atom stereocenters. The standard InChI is InChI=1S/C18H15FN4O4/c19-12-5-10(9-1-2-9)3-4-11(12)13-6-14(24)16(17-21-8-22-23(13)17)18(27)20-7-15(25)26/h3-6,8-9,24H,1-2,7H2,(H,20,27)(H,25,26). The van der Waals surface area contributed by atoms with Crippen LogP contribution in [0.5, 0.6) is 5.75 Å². The molecular weight excluding hydrogens is 355 g/mol. The van der Waals surface area contributed by atoms with Gasteiger partial charge in [0.15, 0.2) is 5.65 Å². The summed E-state index contributed by atoms with van der Waals surface area (Å²) in [7, 11) is 0. The molecular formula is C18H15FN4O4. The first kappa shape index (κ1) is 17.0. The lowest BCUT2D eigenvalue weighted by atomic mass is 10.0. The van der Waals surface area contributed by atoms with Crippen molar-refractivity contribution >= 4 is 17.5 Å². The summed E-state index contributed by atoms with van der Waals surface area (Å²) in [5.41, 5.74) is 1.14. The Labute approximate surface area is 152 Å². The van der Waals surface area contributed by atoms with E-state index in [-0.39, 0.29) is 22.5 Å². The second-order valence-electron chi connectivity index (χ2n) is 6.38. The van der Waals surface area contributed by atoms with Crippen LogP contribution in [0.4, 0.5) is 4.39 Å². The van der Waals surface area contributed by atoms with Gasteiger partial charge in [-0.2, -0.15) is 5.10 Å². The van der Waals surface area contributed by atoms with Crippen LogP contribution in [0, 0.1) is 5.82 Å². The summed E-state index contributed by atoms with van der Waals surface area (Å²) in [5, 5.41) is 25.2. The molecule has 27 heavy (non-hydrogen) atoms. The summed E-state index contributed by atoms with van der Waals surface area (Å²) in [5.74, 6) is -2.55. The predicted molar refractivity (Wildman–Crippen MR) is 92.0 cm³/mol. The lowest BCUT2D eigenvalue weighted by molar-refractivity contribution is -0.135. The van der Waals surface area contributed by atoms with Crippen molar-refractivity contribution in [3.05, 3.63) is 47.5 Å². The van der Waals surface area contributed by atoms with Crippen molar-refractivity contribution in [2.75, 3.05) is 6.54 Å². The molecule has 0 bridgehead atoms. The van der Waals surface area contributed by atoms with E-state index < -0.39 is 30.0 Å². The van der Waals surface area contributed by atoms with Crippen molar-refractivity contribution in [1.82, 2.24) is 19.9 Å². The zero-order chi connectivity index (χ0) is 19.1. The minimum absolute atomic E-state index is 0.00133. The number of nitrogens with zero attached hydrogens (tertiary/aromatic N) is 3. The van der Waals surface area contributed by atoms with Gasteiger partial charge in [0.1, 0.15) is 30.0 Å². The first-order chi connectivity index (χ1) is 13.0. The van der Waals surface area contributed by atoms with Crippen LogP contribution in [-0.2, 0) is 4.79 Å². The average Bonchev–Trinajstić information content (AvgIpc) is 3.37. The van der Waals surface area contributed by atoms with Crippen molar-refractivity contribution in [1.29, 1.82) is 0 Å². The molecule has 0 spiro atoms. The molecule has 1 aliphatic rings. The Hall–Kier alpha value is -3.49. The summed E-state index contributed by atoms with van der Waals surface area (Å²) in [6.45, 7) is -0.614. The molecule has 9 heteroatoms. The van der Waals surface area contributed by atoms with E-state index >= 15 is 0 Å². The summed E-state index contributed by atoms with van der Waals surface area (Å²) >= 11 is 0. The van der Waals surface area contributed by atoms with Crippen LogP contribution >= 0.6 is 0 Å². The third-order valence-corrected chi connectivity index (χ3v) is 4.47. The van der Waals surface area contributed by atoms with Gasteiger partial charge in [-0.3, -0.25) is 9.59 Å². The number of carbonyl (C=O) groups is 2. The lowest BCUT2D eigenvalue weighted by Gasteiger charge is -2.12. The molecule has 1 fully saturated rings. The van der Waals surface area contributed by atoms with Gasteiger partial charge in [0.25, 0.3) is 5.91 Å². The number of carbonyl (C=O) groups excluding carboxylic acids is 1. The van der Waals surface area contributed by atoms with E-state index in [1.807, 2.05) is 6.07 Å². The number of halogens is 1. The molecule has 0 unspecified atom stereocenters. The van der Waals surface area contributed by atoms with E-state index in [9.17, 15) is 19.1 Å². The highest BCUT2D eigenvalue weighted by molar-refractivity contribution is 6.04. The highest BCUT2D eigenvalue weighted by Crippen LogP contribution is 2.41. The van der Waals surface area contributed by atoms with Crippen LogP contribution in [0.25, 0.3) is 16.9 Å². The maximum Gasteiger partial charge on any atom is 0.322 e. The number of fused-ring (bicyclic) bond motifs is 1. The van der Waals surface area contributed by atoms with Crippen molar-refractivity contribution < 1.29 is 24.2 Å². The van der Waals surface area contributed by atoms with Crippen LogP contribution in [0.1, 0.15) is 34.7 Å². The van der Waals surface area contributed by atoms with Crippen LogP contribution in [0.3, 0.4) is 0 Å². The van der Waals surface area contributed by atoms with E-state index in [4.69, 9.17) is 5.11 Å². The Morgan fingerprint density at radius 1 is 1.30 bits per heavy atom. The number of carboxylic acid groups (broad SMARTS) is 1. The molecule has 3 aromatic rings. The quantitative estimate of drug-likeness (QED) is 0.632. The molecule has 1 saturated carbocycles. The summed E-state index contributed by atoms with van der Waals surface area (Å²) in [6.07, 6.45) is 3.27. The summed E-state index contributed by atoms with van der Waals surface area (Å²) < 4.78 is 15.9. The Morgan fingerprint density at radius 3 is 2.74 bits per heavy atom. The van der Waals surface area contributed by atoms with Gasteiger partial charge in [0, 0.05) is 11.6 Å². The fraction of sp³-hybridized carbons (Fsp3) is 0.222. The number of hydrogen-bond donors (Lipinski definition) is 3. The van der Waals surface area contributed by atoms with Crippen molar-refractivity contribution in [3.8, 4) is 17.0 Å². The van der Waals surface area contributed by atoms with Gasteiger partial charge < -0.3 is 15.5 Å². The number of nitrogens with one attached hydrogen (secondary N) is 1. The number of aliphatic carboxylic acids is 1. The predicted octanol–water partition coefficient (Wildman–Crippen LogP) is 1.93. The molecule has 2 aromatic heterocycles. The van der Waals surface area contributed by atoms with Gasteiger partial charge >= 0.3 is 5.97 Å². The second kappa shape index (κ2) is 6.35. The van der Waals surface area contributed by atoms with E-state index in [0.29, 0.717) is 5.92 Å². The maximum atomic E-state index is 14.7.